The zero-order valence-electron chi connectivity index (χ0n) is 10.2. The van der Waals surface area contributed by atoms with Crippen LogP contribution < -0.4 is 5.73 Å². The molecule has 0 aromatic heterocycles. The molecule has 0 spiro atoms. The third-order valence-corrected chi connectivity index (χ3v) is 3.53. The predicted molar refractivity (Wildman–Crippen MR) is 66.8 cm³/mol. The molecule has 1 rings (SSSR count). The fraction of sp³-hybridized carbons (Fsp3) is 0.571. The Morgan fingerprint density at radius 2 is 1.80 bits per heavy atom. The lowest BCUT2D eigenvalue weighted by atomic mass is 9.80. The monoisotopic (exact) mass is 205 g/mol. The highest BCUT2D eigenvalue weighted by Gasteiger charge is 2.26. The molecule has 1 atom stereocenters. The van der Waals surface area contributed by atoms with E-state index in [1.807, 2.05) is 0 Å². The highest BCUT2D eigenvalue weighted by Crippen LogP contribution is 2.23. The first-order valence-electron chi connectivity index (χ1n) is 5.91. The first kappa shape index (κ1) is 12.3. The minimum absolute atomic E-state index is 0.00413. The molecule has 0 amide bonds. The van der Waals surface area contributed by atoms with Crippen LogP contribution in [0.5, 0.6) is 0 Å². The summed E-state index contributed by atoms with van der Waals surface area (Å²) in [4.78, 5) is 0. The van der Waals surface area contributed by atoms with Gasteiger partial charge in [-0.3, -0.25) is 0 Å². The van der Waals surface area contributed by atoms with Crippen molar-refractivity contribution in [3.05, 3.63) is 35.9 Å². The van der Waals surface area contributed by atoms with Crippen molar-refractivity contribution < 1.29 is 0 Å². The van der Waals surface area contributed by atoms with Crippen molar-refractivity contribution in [3.8, 4) is 0 Å². The molecule has 1 nitrogen and oxygen atoms in total. The zero-order valence-corrected chi connectivity index (χ0v) is 10.2. The number of rotatable bonds is 5. The van der Waals surface area contributed by atoms with Crippen molar-refractivity contribution in [3.63, 3.8) is 0 Å². The van der Waals surface area contributed by atoms with Crippen LogP contribution in [0.15, 0.2) is 30.3 Å². The van der Waals surface area contributed by atoms with Crippen molar-refractivity contribution >= 4 is 0 Å². The number of aryl methyl sites for hydroxylation is 1. The van der Waals surface area contributed by atoms with Gasteiger partial charge in [-0.1, -0.05) is 51.1 Å². The van der Waals surface area contributed by atoms with E-state index in [2.05, 4.69) is 51.1 Å². The number of benzene rings is 1. The summed E-state index contributed by atoms with van der Waals surface area (Å²) in [6.45, 7) is 6.62. The summed E-state index contributed by atoms with van der Waals surface area (Å²) < 4.78 is 0. The molecule has 0 aliphatic heterocycles. The van der Waals surface area contributed by atoms with E-state index in [4.69, 9.17) is 5.73 Å². The maximum atomic E-state index is 6.39. The fourth-order valence-corrected chi connectivity index (χ4v) is 1.90. The van der Waals surface area contributed by atoms with Crippen LogP contribution in [0.1, 0.15) is 39.2 Å². The molecule has 0 saturated carbocycles. The molecular weight excluding hydrogens is 182 g/mol. The maximum absolute atomic E-state index is 6.39. The molecule has 0 aliphatic carbocycles. The van der Waals surface area contributed by atoms with Gasteiger partial charge in [-0.2, -0.15) is 0 Å². The van der Waals surface area contributed by atoms with Crippen LogP contribution in [-0.2, 0) is 6.42 Å². The number of hydrogen-bond donors (Lipinski definition) is 1. The van der Waals surface area contributed by atoms with Gasteiger partial charge in [0.15, 0.2) is 0 Å². The summed E-state index contributed by atoms with van der Waals surface area (Å²) in [7, 11) is 0. The summed E-state index contributed by atoms with van der Waals surface area (Å²) in [5.74, 6) is 0.547. The molecule has 1 aromatic carbocycles. The first-order valence-corrected chi connectivity index (χ1v) is 5.91. The standard InChI is InChI=1S/C14H23N/c1-4-14(15,12(2)3)11-10-13-8-6-5-7-9-13/h5-9,12H,4,10-11,15H2,1-3H3. The van der Waals surface area contributed by atoms with Crippen LogP contribution in [0.4, 0.5) is 0 Å². The van der Waals surface area contributed by atoms with Gasteiger partial charge in [-0.25, -0.2) is 0 Å². The quantitative estimate of drug-likeness (QED) is 0.783. The second kappa shape index (κ2) is 5.32. The van der Waals surface area contributed by atoms with Crippen molar-refractivity contribution in [2.75, 3.05) is 0 Å². The molecule has 1 unspecified atom stereocenters. The molecule has 0 heterocycles. The maximum Gasteiger partial charge on any atom is 0.0178 e. The van der Waals surface area contributed by atoms with Crippen LogP contribution >= 0.6 is 0 Å². The second-order valence-corrected chi connectivity index (χ2v) is 4.73. The van der Waals surface area contributed by atoms with Crippen molar-refractivity contribution in [2.24, 2.45) is 11.7 Å². The molecule has 0 saturated heterocycles. The minimum Gasteiger partial charge on any atom is -0.325 e. The molecular formula is C14H23N. The first-order chi connectivity index (χ1) is 7.08. The van der Waals surface area contributed by atoms with Gasteiger partial charge in [-0.15, -0.1) is 0 Å². The summed E-state index contributed by atoms with van der Waals surface area (Å²) in [5, 5.41) is 0. The van der Waals surface area contributed by atoms with E-state index in [1.165, 1.54) is 5.56 Å². The van der Waals surface area contributed by atoms with Gasteiger partial charge in [-0.05, 0) is 30.7 Å². The molecule has 1 heteroatoms. The predicted octanol–water partition coefficient (Wildman–Crippen LogP) is 3.38. The van der Waals surface area contributed by atoms with Crippen LogP contribution in [0, 0.1) is 5.92 Å². The summed E-state index contributed by atoms with van der Waals surface area (Å²) >= 11 is 0. The molecule has 1 aromatic rings. The van der Waals surface area contributed by atoms with Crippen molar-refractivity contribution in [1.82, 2.24) is 0 Å². The van der Waals surface area contributed by atoms with E-state index in [0.29, 0.717) is 5.92 Å². The van der Waals surface area contributed by atoms with E-state index in [9.17, 15) is 0 Å². The third-order valence-electron chi connectivity index (χ3n) is 3.53. The number of nitrogens with two attached hydrogens (primary N) is 1. The molecule has 15 heavy (non-hydrogen) atoms. The summed E-state index contributed by atoms with van der Waals surface area (Å²) in [6.07, 6.45) is 3.21. The Balaban J connectivity index is 2.55. The lowest BCUT2D eigenvalue weighted by molar-refractivity contribution is 0.278. The summed E-state index contributed by atoms with van der Waals surface area (Å²) in [6, 6.07) is 10.6. The third kappa shape index (κ3) is 3.35. The lowest BCUT2D eigenvalue weighted by Crippen LogP contribution is -2.44. The van der Waals surface area contributed by atoms with Gasteiger partial charge >= 0.3 is 0 Å². The molecule has 2 N–H and O–H groups in total. The van der Waals surface area contributed by atoms with Crippen LogP contribution in [0.2, 0.25) is 0 Å². The van der Waals surface area contributed by atoms with Crippen molar-refractivity contribution in [2.45, 2.75) is 45.6 Å². The lowest BCUT2D eigenvalue weighted by Gasteiger charge is -2.32. The largest absolute Gasteiger partial charge is 0.325 e. The van der Waals surface area contributed by atoms with Crippen LogP contribution in [0.3, 0.4) is 0 Å². The average Bonchev–Trinajstić information content (AvgIpc) is 2.27. The Morgan fingerprint density at radius 3 is 2.27 bits per heavy atom. The molecule has 0 aliphatic rings. The van der Waals surface area contributed by atoms with Gasteiger partial charge in [0, 0.05) is 5.54 Å². The van der Waals surface area contributed by atoms with Crippen LogP contribution in [-0.4, -0.2) is 5.54 Å². The van der Waals surface area contributed by atoms with Gasteiger partial charge in [0.05, 0.1) is 0 Å². The van der Waals surface area contributed by atoms with Crippen LogP contribution in [0.25, 0.3) is 0 Å². The fourth-order valence-electron chi connectivity index (χ4n) is 1.90. The topological polar surface area (TPSA) is 26.0 Å². The number of hydrogen-bond acceptors (Lipinski definition) is 1. The van der Waals surface area contributed by atoms with Gasteiger partial charge < -0.3 is 5.73 Å². The molecule has 0 radical (unpaired) electrons. The molecule has 0 bridgehead atoms. The van der Waals surface area contributed by atoms with Gasteiger partial charge in [0.1, 0.15) is 0 Å². The van der Waals surface area contributed by atoms with E-state index in [0.717, 1.165) is 19.3 Å². The average molecular weight is 205 g/mol. The Kier molecular flexibility index (Phi) is 4.34. The summed E-state index contributed by atoms with van der Waals surface area (Å²) in [5.41, 5.74) is 7.77. The van der Waals surface area contributed by atoms with E-state index < -0.39 is 0 Å². The molecule has 84 valence electrons. The Hall–Kier alpha value is -0.820. The highest BCUT2D eigenvalue weighted by atomic mass is 14.7. The highest BCUT2D eigenvalue weighted by molar-refractivity contribution is 5.15. The van der Waals surface area contributed by atoms with Gasteiger partial charge in [0.2, 0.25) is 0 Å². The SMILES string of the molecule is CCC(N)(CCc1ccccc1)C(C)C. The Bertz CT molecular complexity index is 279. The zero-order chi connectivity index (χ0) is 11.3. The minimum atomic E-state index is -0.00413. The van der Waals surface area contributed by atoms with E-state index >= 15 is 0 Å². The van der Waals surface area contributed by atoms with E-state index in [1.54, 1.807) is 0 Å². The molecule has 0 fully saturated rings. The van der Waals surface area contributed by atoms with Gasteiger partial charge in [0.25, 0.3) is 0 Å². The Labute approximate surface area is 93.7 Å². The van der Waals surface area contributed by atoms with E-state index in [-0.39, 0.29) is 5.54 Å². The van der Waals surface area contributed by atoms with Crippen molar-refractivity contribution in [1.29, 1.82) is 0 Å². The second-order valence-electron chi connectivity index (χ2n) is 4.73. The normalized spacial score (nSPS) is 15.3. The Morgan fingerprint density at radius 1 is 1.20 bits per heavy atom. The smallest absolute Gasteiger partial charge is 0.0178 e.